The number of ether oxygens (including phenoxy) is 1. The molecule has 0 saturated carbocycles. The molecule has 1 saturated heterocycles. The molecule has 2 atom stereocenters. The van der Waals surface area contributed by atoms with Crippen LogP contribution in [0.5, 0.6) is 0 Å². The van der Waals surface area contributed by atoms with E-state index in [1.54, 1.807) is 25.1 Å². The van der Waals surface area contributed by atoms with Crippen LogP contribution in [0.15, 0.2) is 18.2 Å². The van der Waals surface area contributed by atoms with Crippen LogP contribution in [-0.2, 0) is 14.6 Å². The Balaban J connectivity index is 2.48. The summed E-state index contributed by atoms with van der Waals surface area (Å²) in [5, 5.41) is -0.242. The van der Waals surface area contributed by atoms with Gasteiger partial charge in [-0.05, 0) is 12.1 Å². The smallest absolute Gasteiger partial charge is 0.178 e. The summed E-state index contributed by atoms with van der Waals surface area (Å²) in [4.78, 5) is 11.5. The van der Waals surface area contributed by atoms with Crippen molar-refractivity contribution in [2.24, 2.45) is 5.92 Å². The molecule has 16 heavy (non-hydrogen) atoms. The number of benzene rings is 1. The molecule has 1 fully saturated rings. The summed E-state index contributed by atoms with van der Waals surface area (Å²) in [6, 6.07) is 4.94. The monoisotopic (exact) mass is 278 g/mol. The third-order valence-electron chi connectivity index (χ3n) is 2.76. The van der Waals surface area contributed by atoms with Crippen LogP contribution in [0.3, 0.4) is 0 Å². The summed E-state index contributed by atoms with van der Waals surface area (Å²) in [5.74, 6) is -0.450. The van der Waals surface area contributed by atoms with Crippen molar-refractivity contribution < 1.29 is 9.53 Å². The zero-order valence-corrected chi connectivity index (χ0v) is 10.7. The van der Waals surface area contributed by atoms with Gasteiger partial charge in [0.2, 0.25) is 0 Å². The number of ketones is 1. The number of halogens is 3. The Bertz CT molecular complexity index is 447. The molecule has 1 aromatic rings. The lowest BCUT2D eigenvalue weighted by Crippen LogP contribution is -2.26. The van der Waals surface area contributed by atoms with Gasteiger partial charge >= 0.3 is 0 Å². The van der Waals surface area contributed by atoms with Gasteiger partial charge in [-0.3, -0.25) is 4.79 Å². The molecule has 0 amide bonds. The highest BCUT2D eigenvalue weighted by molar-refractivity contribution is 6.36. The summed E-state index contributed by atoms with van der Waals surface area (Å²) in [7, 11) is 0. The molecule has 1 aromatic carbocycles. The number of Topliss-reactive ketones (excluding diaryl/α,β-unsaturated/α-hetero) is 1. The van der Waals surface area contributed by atoms with Gasteiger partial charge in [0.15, 0.2) is 10.8 Å². The van der Waals surface area contributed by atoms with Gasteiger partial charge in [0.1, 0.15) is 6.61 Å². The summed E-state index contributed by atoms with van der Waals surface area (Å²) in [6.07, 6.45) is 0. The van der Waals surface area contributed by atoms with Gasteiger partial charge in [-0.1, -0.05) is 47.8 Å². The maximum absolute atomic E-state index is 11.5. The molecule has 1 heterocycles. The average Bonchev–Trinajstić information content (AvgIpc) is 2.47. The van der Waals surface area contributed by atoms with E-state index in [1.165, 1.54) is 0 Å². The fourth-order valence-electron chi connectivity index (χ4n) is 1.71. The summed E-state index contributed by atoms with van der Waals surface area (Å²) in [5.41, 5.74) is 0.582. The highest BCUT2D eigenvalue weighted by atomic mass is 35.5. The minimum Gasteiger partial charge on any atom is -0.347 e. The van der Waals surface area contributed by atoms with Crippen molar-refractivity contribution in [3.8, 4) is 0 Å². The highest BCUT2D eigenvalue weighted by Crippen LogP contribution is 2.45. The molecule has 0 N–H and O–H groups in total. The van der Waals surface area contributed by atoms with E-state index < -0.39 is 11.0 Å². The van der Waals surface area contributed by atoms with E-state index in [1.807, 2.05) is 0 Å². The Kier molecular flexibility index (Phi) is 3.19. The fraction of sp³-hybridized carbons (Fsp3) is 0.364. The van der Waals surface area contributed by atoms with Crippen LogP contribution in [-0.4, -0.2) is 12.4 Å². The second kappa shape index (κ2) is 4.19. The highest BCUT2D eigenvalue weighted by Gasteiger charge is 2.47. The Labute approximate surface area is 108 Å². The van der Waals surface area contributed by atoms with Gasteiger partial charge < -0.3 is 4.74 Å². The summed E-state index contributed by atoms with van der Waals surface area (Å²) in [6.45, 7) is 1.75. The lowest BCUT2D eigenvalue weighted by atomic mass is 9.95. The van der Waals surface area contributed by atoms with Crippen LogP contribution < -0.4 is 0 Å². The first-order valence-electron chi connectivity index (χ1n) is 4.76. The van der Waals surface area contributed by atoms with Gasteiger partial charge in [-0.2, -0.15) is 0 Å². The van der Waals surface area contributed by atoms with Crippen molar-refractivity contribution in [2.45, 2.75) is 12.0 Å². The average molecular weight is 280 g/mol. The molecule has 5 heteroatoms. The lowest BCUT2D eigenvalue weighted by molar-refractivity contribution is -0.120. The maximum Gasteiger partial charge on any atom is 0.178 e. The van der Waals surface area contributed by atoms with E-state index in [4.69, 9.17) is 39.5 Å². The predicted octanol–water partition coefficient (Wildman–Crippen LogP) is 3.62. The standard InChI is InChI=1S/C11H9Cl3O2/c1-6-10(15)5-16-11(6,14)8-3-2-7(12)4-9(8)13/h2-4,6H,5H2,1H3. The minimum atomic E-state index is -1.17. The Morgan fingerprint density at radius 2 is 2.12 bits per heavy atom. The number of carbonyl (C=O) groups excluding carboxylic acids is 1. The van der Waals surface area contributed by atoms with Gasteiger partial charge in [0, 0.05) is 15.6 Å². The predicted molar refractivity (Wildman–Crippen MR) is 64.1 cm³/mol. The molecule has 0 radical (unpaired) electrons. The normalized spacial score (nSPS) is 29.8. The largest absolute Gasteiger partial charge is 0.347 e. The number of hydrogen-bond donors (Lipinski definition) is 0. The van der Waals surface area contributed by atoms with E-state index in [2.05, 4.69) is 0 Å². The second-order valence-electron chi connectivity index (χ2n) is 3.75. The Hall–Kier alpha value is -0.280. The molecule has 0 aliphatic carbocycles. The molecule has 2 unspecified atom stereocenters. The van der Waals surface area contributed by atoms with Crippen LogP contribution in [0.2, 0.25) is 10.0 Å². The van der Waals surface area contributed by atoms with Gasteiger partial charge in [-0.25, -0.2) is 0 Å². The molecular formula is C11H9Cl3O2. The quantitative estimate of drug-likeness (QED) is 0.734. The SMILES string of the molecule is CC1C(=O)COC1(Cl)c1ccc(Cl)cc1Cl. The van der Waals surface area contributed by atoms with E-state index in [0.29, 0.717) is 15.6 Å². The van der Waals surface area contributed by atoms with E-state index in [-0.39, 0.29) is 12.4 Å². The van der Waals surface area contributed by atoms with Gasteiger partial charge in [0.05, 0.1) is 5.92 Å². The molecule has 0 spiro atoms. The third kappa shape index (κ3) is 1.84. The molecule has 86 valence electrons. The van der Waals surface area contributed by atoms with Crippen LogP contribution in [0.1, 0.15) is 12.5 Å². The zero-order chi connectivity index (χ0) is 11.9. The van der Waals surface area contributed by atoms with E-state index in [0.717, 1.165) is 0 Å². The third-order valence-corrected chi connectivity index (χ3v) is 3.95. The summed E-state index contributed by atoms with van der Waals surface area (Å²) < 4.78 is 5.36. The van der Waals surface area contributed by atoms with Crippen LogP contribution in [0.25, 0.3) is 0 Å². The Morgan fingerprint density at radius 1 is 1.44 bits per heavy atom. The molecule has 1 aliphatic heterocycles. The van der Waals surface area contributed by atoms with Crippen LogP contribution in [0.4, 0.5) is 0 Å². The summed E-state index contributed by atoms with van der Waals surface area (Å²) >= 11 is 18.2. The van der Waals surface area contributed by atoms with Crippen molar-refractivity contribution >= 4 is 40.6 Å². The van der Waals surface area contributed by atoms with Crippen LogP contribution >= 0.6 is 34.8 Å². The van der Waals surface area contributed by atoms with Gasteiger partial charge in [-0.15, -0.1) is 0 Å². The molecule has 2 rings (SSSR count). The molecule has 2 nitrogen and oxygen atoms in total. The first-order chi connectivity index (χ1) is 7.45. The van der Waals surface area contributed by atoms with E-state index in [9.17, 15) is 4.79 Å². The first-order valence-corrected chi connectivity index (χ1v) is 5.89. The van der Waals surface area contributed by atoms with Crippen molar-refractivity contribution in [1.29, 1.82) is 0 Å². The molecule has 0 aromatic heterocycles. The van der Waals surface area contributed by atoms with Crippen molar-refractivity contribution in [2.75, 3.05) is 6.61 Å². The minimum absolute atomic E-state index is 0.0175. The number of hydrogen-bond acceptors (Lipinski definition) is 2. The van der Waals surface area contributed by atoms with Crippen LogP contribution in [0, 0.1) is 5.92 Å². The first kappa shape index (κ1) is 12.2. The maximum atomic E-state index is 11.5. The fourth-order valence-corrected chi connectivity index (χ4v) is 2.65. The topological polar surface area (TPSA) is 26.3 Å². The number of carbonyl (C=O) groups is 1. The molecule has 0 bridgehead atoms. The molecular weight excluding hydrogens is 270 g/mol. The molecule has 1 aliphatic rings. The van der Waals surface area contributed by atoms with Crippen molar-refractivity contribution in [1.82, 2.24) is 0 Å². The number of rotatable bonds is 1. The van der Waals surface area contributed by atoms with Crippen molar-refractivity contribution in [3.63, 3.8) is 0 Å². The lowest BCUT2D eigenvalue weighted by Gasteiger charge is -2.25. The van der Waals surface area contributed by atoms with Gasteiger partial charge in [0.25, 0.3) is 0 Å². The Morgan fingerprint density at radius 3 is 2.62 bits per heavy atom. The second-order valence-corrected chi connectivity index (χ2v) is 5.15. The number of alkyl halides is 1. The van der Waals surface area contributed by atoms with E-state index >= 15 is 0 Å². The van der Waals surface area contributed by atoms with Crippen molar-refractivity contribution in [3.05, 3.63) is 33.8 Å². The zero-order valence-electron chi connectivity index (χ0n) is 8.47.